The maximum absolute atomic E-state index is 12.3. The predicted octanol–water partition coefficient (Wildman–Crippen LogP) is 0.957. The Bertz CT molecular complexity index is 904. The number of amides is 1. The van der Waals surface area contributed by atoms with Crippen LogP contribution >= 0.6 is 0 Å². The summed E-state index contributed by atoms with van der Waals surface area (Å²) < 4.78 is 1.54. The second kappa shape index (κ2) is 6.84. The van der Waals surface area contributed by atoms with E-state index in [0.29, 0.717) is 17.1 Å². The van der Waals surface area contributed by atoms with E-state index >= 15 is 0 Å². The van der Waals surface area contributed by atoms with Gasteiger partial charge in [0.1, 0.15) is 5.82 Å². The third-order valence-corrected chi connectivity index (χ3v) is 3.51. The minimum atomic E-state index is -0.419. The Morgan fingerprint density at radius 3 is 2.54 bits per heavy atom. The van der Waals surface area contributed by atoms with Crippen molar-refractivity contribution >= 4 is 5.91 Å². The summed E-state index contributed by atoms with van der Waals surface area (Å²) in [6.45, 7) is 0.251. The second-order valence-corrected chi connectivity index (χ2v) is 5.07. The molecule has 0 unspecified atom stereocenters. The van der Waals surface area contributed by atoms with E-state index in [-0.39, 0.29) is 12.1 Å². The molecule has 3 aromatic rings. The maximum atomic E-state index is 12.3. The van der Waals surface area contributed by atoms with E-state index in [1.165, 1.54) is 18.5 Å². The molecule has 0 atom stereocenters. The van der Waals surface area contributed by atoms with Crippen molar-refractivity contribution in [2.45, 2.75) is 6.54 Å². The summed E-state index contributed by atoms with van der Waals surface area (Å²) in [5, 5.41) is 0. The van der Waals surface area contributed by atoms with Gasteiger partial charge in [0.2, 0.25) is 0 Å². The number of rotatable bonds is 4. The molecular weight excluding hydrogens is 306 g/mol. The molecule has 2 heterocycles. The van der Waals surface area contributed by atoms with Crippen molar-refractivity contribution in [3.8, 4) is 11.4 Å². The normalized spacial score (nSPS) is 10.4. The van der Waals surface area contributed by atoms with Crippen molar-refractivity contribution in [3.63, 3.8) is 0 Å². The number of aromatic nitrogens is 3. The van der Waals surface area contributed by atoms with Crippen LogP contribution in [0.1, 0.15) is 16.1 Å². The fourth-order valence-electron chi connectivity index (χ4n) is 2.30. The topological polar surface area (TPSA) is 103 Å². The van der Waals surface area contributed by atoms with E-state index in [4.69, 9.17) is 5.84 Å². The van der Waals surface area contributed by atoms with Gasteiger partial charge in [0.15, 0.2) is 0 Å². The number of benzene rings is 1. The lowest BCUT2D eigenvalue weighted by atomic mass is 10.2. The van der Waals surface area contributed by atoms with Gasteiger partial charge in [-0.05, 0) is 12.1 Å². The zero-order chi connectivity index (χ0) is 16.9. The van der Waals surface area contributed by atoms with E-state index in [1.54, 1.807) is 16.7 Å². The van der Waals surface area contributed by atoms with Crippen LogP contribution in [0.5, 0.6) is 0 Å². The van der Waals surface area contributed by atoms with Crippen LogP contribution in [0.3, 0.4) is 0 Å². The minimum absolute atomic E-state index is 0.172. The molecule has 0 radical (unpaired) electrons. The molecule has 0 saturated heterocycles. The molecular formula is C17H15N5O2. The first-order valence-corrected chi connectivity index (χ1v) is 7.26. The highest BCUT2D eigenvalue weighted by atomic mass is 16.2. The first-order valence-electron chi connectivity index (χ1n) is 7.26. The standard InChI is InChI=1S/C17H15N5O2/c18-21-17(24)13-6-7-14(20-10-13)11-22-15(23)8-9-19-16(22)12-4-2-1-3-5-12/h1-10H,11,18H2,(H,21,24). The number of nitrogens with zero attached hydrogens (tertiary/aromatic N) is 3. The van der Waals surface area contributed by atoms with Gasteiger partial charge in [-0.15, -0.1) is 0 Å². The molecule has 7 nitrogen and oxygen atoms in total. The minimum Gasteiger partial charge on any atom is -0.290 e. The molecule has 1 aromatic carbocycles. The molecule has 120 valence electrons. The Kier molecular flexibility index (Phi) is 4.44. The Balaban J connectivity index is 1.96. The number of nitrogen functional groups attached to an aromatic ring is 1. The molecule has 0 fully saturated rings. The van der Waals surface area contributed by atoms with Crippen LogP contribution in [0, 0.1) is 0 Å². The fourth-order valence-corrected chi connectivity index (χ4v) is 2.30. The number of carbonyl (C=O) groups is 1. The van der Waals surface area contributed by atoms with Crippen LogP contribution < -0.4 is 16.8 Å². The molecule has 0 saturated carbocycles. The molecule has 0 aliphatic carbocycles. The highest BCUT2D eigenvalue weighted by molar-refractivity contribution is 5.93. The number of hydrazine groups is 1. The smallest absolute Gasteiger partial charge is 0.266 e. The summed E-state index contributed by atoms with van der Waals surface area (Å²) in [6, 6.07) is 14.1. The van der Waals surface area contributed by atoms with Crippen LogP contribution in [-0.2, 0) is 6.54 Å². The number of nitrogens with two attached hydrogens (primary N) is 1. The van der Waals surface area contributed by atoms with Crippen molar-refractivity contribution in [2.75, 3.05) is 0 Å². The van der Waals surface area contributed by atoms with Gasteiger partial charge in [-0.2, -0.15) is 0 Å². The molecule has 0 bridgehead atoms. The SMILES string of the molecule is NNC(=O)c1ccc(Cn2c(-c3ccccc3)nccc2=O)nc1. The van der Waals surface area contributed by atoms with Gasteiger partial charge >= 0.3 is 0 Å². The Hall–Kier alpha value is -3.32. The molecule has 2 aromatic heterocycles. The molecule has 1 amide bonds. The van der Waals surface area contributed by atoms with Gasteiger partial charge in [0.25, 0.3) is 11.5 Å². The molecule has 7 heteroatoms. The molecule has 24 heavy (non-hydrogen) atoms. The van der Waals surface area contributed by atoms with Gasteiger partial charge in [-0.25, -0.2) is 10.8 Å². The van der Waals surface area contributed by atoms with Crippen molar-refractivity contribution in [3.05, 3.63) is 82.5 Å². The van der Waals surface area contributed by atoms with Crippen molar-refractivity contribution in [1.82, 2.24) is 20.0 Å². The lowest BCUT2D eigenvalue weighted by molar-refractivity contribution is 0.0953. The number of hydrogen-bond acceptors (Lipinski definition) is 5. The Labute approximate surface area is 137 Å². The van der Waals surface area contributed by atoms with Gasteiger partial charge in [0, 0.05) is 24.0 Å². The highest BCUT2D eigenvalue weighted by Crippen LogP contribution is 2.15. The summed E-state index contributed by atoms with van der Waals surface area (Å²) in [4.78, 5) is 32.2. The van der Waals surface area contributed by atoms with Gasteiger partial charge in [-0.1, -0.05) is 30.3 Å². The molecule has 3 rings (SSSR count). The second-order valence-electron chi connectivity index (χ2n) is 5.07. The molecule has 0 aliphatic rings. The summed E-state index contributed by atoms with van der Waals surface area (Å²) in [5.74, 6) is 5.23. The van der Waals surface area contributed by atoms with E-state index in [2.05, 4.69) is 9.97 Å². The van der Waals surface area contributed by atoms with Gasteiger partial charge in [0.05, 0.1) is 17.8 Å². The average Bonchev–Trinajstić information content (AvgIpc) is 2.64. The van der Waals surface area contributed by atoms with Crippen LogP contribution in [-0.4, -0.2) is 20.4 Å². The van der Waals surface area contributed by atoms with E-state index in [0.717, 1.165) is 5.56 Å². The third kappa shape index (κ3) is 3.21. The number of hydrogen-bond donors (Lipinski definition) is 2. The summed E-state index contributed by atoms with van der Waals surface area (Å²) in [7, 11) is 0. The monoisotopic (exact) mass is 321 g/mol. The highest BCUT2D eigenvalue weighted by Gasteiger charge is 2.10. The number of pyridine rings is 1. The molecule has 0 aliphatic heterocycles. The fraction of sp³-hybridized carbons (Fsp3) is 0.0588. The molecule has 0 spiro atoms. The van der Waals surface area contributed by atoms with Gasteiger partial charge in [-0.3, -0.25) is 24.6 Å². The summed E-state index contributed by atoms with van der Waals surface area (Å²) >= 11 is 0. The van der Waals surface area contributed by atoms with E-state index < -0.39 is 5.91 Å². The summed E-state index contributed by atoms with van der Waals surface area (Å²) in [5.41, 5.74) is 3.70. The zero-order valence-electron chi connectivity index (χ0n) is 12.7. The van der Waals surface area contributed by atoms with Crippen molar-refractivity contribution < 1.29 is 4.79 Å². The lowest BCUT2D eigenvalue weighted by Crippen LogP contribution is -2.30. The van der Waals surface area contributed by atoms with Gasteiger partial charge < -0.3 is 0 Å². The largest absolute Gasteiger partial charge is 0.290 e. The van der Waals surface area contributed by atoms with E-state index in [9.17, 15) is 9.59 Å². The quantitative estimate of drug-likeness (QED) is 0.423. The maximum Gasteiger partial charge on any atom is 0.266 e. The van der Waals surface area contributed by atoms with Crippen LogP contribution in [0.15, 0.2) is 65.7 Å². The lowest BCUT2D eigenvalue weighted by Gasteiger charge is -2.11. The Morgan fingerprint density at radius 1 is 1.08 bits per heavy atom. The Morgan fingerprint density at radius 2 is 1.88 bits per heavy atom. The first-order chi connectivity index (χ1) is 11.7. The third-order valence-electron chi connectivity index (χ3n) is 3.51. The van der Waals surface area contributed by atoms with E-state index in [1.807, 2.05) is 35.8 Å². The average molecular weight is 321 g/mol. The first kappa shape index (κ1) is 15.6. The van der Waals surface area contributed by atoms with Crippen molar-refractivity contribution in [2.24, 2.45) is 5.84 Å². The summed E-state index contributed by atoms with van der Waals surface area (Å²) in [6.07, 6.45) is 2.91. The van der Waals surface area contributed by atoms with Crippen LogP contribution in [0.2, 0.25) is 0 Å². The van der Waals surface area contributed by atoms with Crippen LogP contribution in [0.4, 0.5) is 0 Å². The van der Waals surface area contributed by atoms with Crippen molar-refractivity contribution in [1.29, 1.82) is 0 Å². The zero-order valence-corrected chi connectivity index (χ0v) is 12.7. The molecule has 3 N–H and O–H groups in total. The van der Waals surface area contributed by atoms with Crippen LogP contribution in [0.25, 0.3) is 11.4 Å². The predicted molar refractivity (Wildman–Crippen MR) is 88.9 cm³/mol. The number of carbonyl (C=O) groups excluding carboxylic acids is 1. The number of nitrogens with one attached hydrogen (secondary N) is 1.